The molecule has 4 rings (SSSR count). The maximum absolute atomic E-state index is 12.5. The van der Waals surface area contributed by atoms with E-state index in [4.69, 9.17) is 0 Å². The van der Waals surface area contributed by atoms with Crippen LogP contribution in [-0.4, -0.2) is 33.6 Å². The summed E-state index contributed by atoms with van der Waals surface area (Å²) in [6, 6.07) is 15.1. The Hall–Kier alpha value is -2.76. The number of benzene rings is 2. The summed E-state index contributed by atoms with van der Waals surface area (Å²) in [6.45, 7) is 0. The van der Waals surface area contributed by atoms with Crippen LogP contribution in [0, 0.1) is 0 Å². The molecule has 27 heavy (non-hydrogen) atoms. The van der Waals surface area contributed by atoms with Crippen molar-refractivity contribution in [2.45, 2.75) is 14.4 Å². The van der Waals surface area contributed by atoms with E-state index in [9.17, 15) is 8.42 Å². The summed E-state index contributed by atoms with van der Waals surface area (Å²) < 4.78 is 29.9. The topological polar surface area (TPSA) is 103 Å². The molecular weight excluding hydrogens is 404 g/mol. The molecule has 0 aliphatic rings. The fourth-order valence-corrected chi connectivity index (χ4v) is 4.81. The lowest BCUT2D eigenvalue weighted by Gasteiger charge is -2.09. The van der Waals surface area contributed by atoms with Crippen LogP contribution in [-0.2, 0) is 10.0 Å². The molecule has 0 aliphatic heterocycles. The van der Waals surface area contributed by atoms with Gasteiger partial charge in [-0.25, -0.2) is 13.4 Å². The number of tetrazole rings is 1. The first-order chi connectivity index (χ1) is 13.1. The number of para-hydroxylation sites is 1. The molecule has 0 unspecified atom stereocenters. The van der Waals surface area contributed by atoms with Gasteiger partial charge in [0.15, 0.2) is 4.34 Å². The van der Waals surface area contributed by atoms with Gasteiger partial charge in [-0.15, -0.1) is 16.4 Å². The number of hydrogen-bond acceptors (Lipinski definition) is 8. The number of anilines is 1. The number of sulfonamides is 1. The van der Waals surface area contributed by atoms with Crippen LogP contribution in [0.2, 0.25) is 0 Å². The summed E-state index contributed by atoms with van der Waals surface area (Å²) in [5.74, 6) is 0. The normalized spacial score (nSPS) is 11.4. The van der Waals surface area contributed by atoms with Gasteiger partial charge < -0.3 is 0 Å². The zero-order chi connectivity index (χ0) is 18.7. The molecule has 0 fully saturated rings. The van der Waals surface area contributed by atoms with Crippen LogP contribution in [0.1, 0.15) is 0 Å². The second kappa shape index (κ2) is 7.47. The van der Waals surface area contributed by atoms with Crippen molar-refractivity contribution in [3.8, 4) is 5.69 Å². The Kier molecular flexibility index (Phi) is 4.88. The third kappa shape index (κ3) is 3.99. The van der Waals surface area contributed by atoms with Crippen molar-refractivity contribution in [1.29, 1.82) is 0 Å². The summed E-state index contributed by atoms with van der Waals surface area (Å²) in [5.41, 5.74) is 1.15. The highest BCUT2D eigenvalue weighted by Crippen LogP contribution is 2.28. The van der Waals surface area contributed by atoms with Crippen molar-refractivity contribution < 1.29 is 8.42 Å². The number of hydrogen-bond donors (Lipinski definition) is 1. The highest BCUT2D eigenvalue weighted by molar-refractivity contribution is 8.00. The molecule has 0 saturated heterocycles. The van der Waals surface area contributed by atoms with E-state index in [1.54, 1.807) is 42.6 Å². The second-order valence-electron chi connectivity index (χ2n) is 5.24. The third-order valence-electron chi connectivity index (χ3n) is 3.45. The zero-order valence-electron chi connectivity index (χ0n) is 13.6. The van der Waals surface area contributed by atoms with Crippen molar-refractivity contribution in [3.05, 3.63) is 66.2 Å². The standard InChI is InChI=1S/C16H12N6O2S3/c23-27(24,19-12-4-2-1-3-5-12)14-8-6-13(7-9-14)22-15(18-20-21-22)26-16-17-10-11-25-16/h1-11,19H. The predicted molar refractivity (Wildman–Crippen MR) is 103 cm³/mol. The quantitative estimate of drug-likeness (QED) is 0.515. The monoisotopic (exact) mass is 416 g/mol. The van der Waals surface area contributed by atoms with E-state index in [0.29, 0.717) is 16.5 Å². The molecule has 8 nitrogen and oxygen atoms in total. The van der Waals surface area contributed by atoms with Crippen LogP contribution >= 0.6 is 23.1 Å². The zero-order valence-corrected chi connectivity index (χ0v) is 16.1. The molecule has 2 aromatic carbocycles. The minimum atomic E-state index is -3.67. The van der Waals surface area contributed by atoms with Gasteiger partial charge in [0.25, 0.3) is 10.0 Å². The summed E-state index contributed by atoms with van der Waals surface area (Å²) in [6.07, 6.45) is 1.71. The SMILES string of the molecule is O=S(=O)(Nc1ccccc1)c1ccc(-n2nnnc2Sc2nccs2)cc1. The Morgan fingerprint density at radius 1 is 1.04 bits per heavy atom. The first kappa shape index (κ1) is 17.6. The number of nitrogens with zero attached hydrogens (tertiary/aromatic N) is 5. The molecule has 0 amide bonds. The van der Waals surface area contributed by atoms with Gasteiger partial charge in [-0.2, -0.15) is 4.68 Å². The molecule has 2 heterocycles. The minimum absolute atomic E-state index is 0.150. The van der Waals surface area contributed by atoms with Gasteiger partial charge in [0.2, 0.25) is 5.16 Å². The van der Waals surface area contributed by atoms with Gasteiger partial charge in [-0.1, -0.05) is 18.2 Å². The maximum atomic E-state index is 12.5. The largest absolute Gasteiger partial charge is 0.280 e. The van der Waals surface area contributed by atoms with E-state index >= 15 is 0 Å². The number of aromatic nitrogens is 5. The van der Waals surface area contributed by atoms with Crippen molar-refractivity contribution in [1.82, 2.24) is 25.2 Å². The summed E-state index contributed by atoms with van der Waals surface area (Å²) in [4.78, 5) is 4.35. The lowest BCUT2D eigenvalue weighted by Crippen LogP contribution is -2.13. The molecule has 2 aromatic heterocycles. The van der Waals surface area contributed by atoms with Gasteiger partial charge in [0.1, 0.15) is 0 Å². The molecule has 0 aliphatic carbocycles. The lowest BCUT2D eigenvalue weighted by atomic mass is 10.3. The Morgan fingerprint density at radius 3 is 2.52 bits per heavy atom. The number of thiazole rings is 1. The van der Waals surface area contributed by atoms with Crippen molar-refractivity contribution in [2.75, 3.05) is 4.72 Å². The highest BCUT2D eigenvalue weighted by Gasteiger charge is 2.16. The van der Waals surface area contributed by atoms with Gasteiger partial charge in [-0.3, -0.25) is 4.72 Å². The predicted octanol–water partition coefficient (Wildman–Crippen LogP) is 3.07. The molecule has 0 bridgehead atoms. The summed E-state index contributed by atoms with van der Waals surface area (Å²) in [7, 11) is -3.67. The summed E-state index contributed by atoms with van der Waals surface area (Å²) in [5, 5.41) is 14.1. The average Bonchev–Trinajstić information content (AvgIpc) is 3.35. The van der Waals surface area contributed by atoms with E-state index in [2.05, 4.69) is 25.2 Å². The molecule has 0 radical (unpaired) electrons. The fraction of sp³-hybridized carbons (Fsp3) is 0. The molecule has 0 atom stereocenters. The fourth-order valence-electron chi connectivity index (χ4n) is 2.23. The Morgan fingerprint density at radius 2 is 1.81 bits per heavy atom. The van der Waals surface area contributed by atoms with Crippen molar-refractivity contribution >= 4 is 38.8 Å². The molecule has 0 spiro atoms. The van der Waals surface area contributed by atoms with Gasteiger partial charge in [-0.05, 0) is 58.6 Å². The molecule has 1 N–H and O–H groups in total. The van der Waals surface area contributed by atoms with E-state index in [-0.39, 0.29) is 4.90 Å². The van der Waals surface area contributed by atoms with E-state index in [0.717, 1.165) is 4.34 Å². The van der Waals surface area contributed by atoms with Crippen LogP contribution in [0.15, 0.2) is 80.6 Å². The number of nitrogens with one attached hydrogen (secondary N) is 1. The van der Waals surface area contributed by atoms with Crippen LogP contribution < -0.4 is 4.72 Å². The summed E-state index contributed by atoms with van der Waals surface area (Å²) >= 11 is 2.82. The van der Waals surface area contributed by atoms with Crippen LogP contribution in [0.5, 0.6) is 0 Å². The molecule has 11 heteroatoms. The first-order valence-corrected chi connectivity index (χ1v) is 10.8. The van der Waals surface area contributed by atoms with E-state index in [1.165, 1.54) is 39.9 Å². The average molecular weight is 417 g/mol. The Labute approximate surface area is 163 Å². The molecule has 0 saturated carbocycles. The highest BCUT2D eigenvalue weighted by atomic mass is 32.2. The van der Waals surface area contributed by atoms with Crippen LogP contribution in [0.3, 0.4) is 0 Å². The van der Waals surface area contributed by atoms with E-state index in [1.807, 2.05) is 11.4 Å². The molecular formula is C16H12N6O2S3. The minimum Gasteiger partial charge on any atom is -0.280 e. The van der Waals surface area contributed by atoms with Gasteiger partial charge in [0, 0.05) is 17.3 Å². The van der Waals surface area contributed by atoms with Crippen molar-refractivity contribution in [2.24, 2.45) is 0 Å². The maximum Gasteiger partial charge on any atom is 0.261 e. The molecule has 4 aromatic rings. The second-order valence-corrected chi connectivity index (χ2v) is 9.03. The van der Waals surface area contributed by atoms with Crippen LogP contribution in [0.25, 0.3) is 5.69 Å². The first-order valence-electron chi connectivity index (χ1n) is 7.66. The Bertz CT molecular complexity index is 1130. The smallest absolute Gasteiger partial charge is 0.261 e. The van der Waals surface area contributed by atoms with Crippen LogP contribution in [0.4, 0.5) is 5.69 Å². The lowest BCUT2D eigenvalue weighted by molar-refractivity contribution is 0.601. The van der Waals surface area contributed by atoms with Gasteiger partial charge >= 0.3 is 0 Å². The third-order valence-corrected chi connectivity index (χ3v) is 6.66. The van der Waals surface area contributed by atoms with Crippen molar-refractivity contribution in [3.63, 3.8) is 0 Å². The number of rotatable bonds is 6. The molecule has 136 valence electrons. The van der Waals surface area contributed by atoms with E-state index < -0.39 is 10.0 Å². The Balaban J connectivity index is 1.57. The van der Waals surface area contributed by atoms with Gasteiger partial charge in [0.05, 0.1) is 10.6 Å².